The first-order valence-electron chi connectivity index (χ1n) is 10.1. The molecule has 30 heavy (non-hydrogen) atoms. The summed E-state index contributed by atoms with van der Waals surface area (Å²) in [6.45, 7) is 3.25. The number of benzene rings is 1. The Morgan fingerprint density at radius 1 is 1.37 bits per heavy atom. The molecular formula is C21H27ClFN3O4. The predicted octanol–water partition coefficient (Wildman–Crippen LogP) is 3.17. The van der Waals surface area contributed by atoms with Crippen LogP contribution in [0.4, 0.5) is 10.1 Å². The van der Waals surface area contributed by atoms with Gasteiger partial charge in [0.15, 0.2) is 11.6 Å². The lowest BCUT2D eigenvalue weighted by Crippen LogP contribution is -2.48. The third kappa shape index (κ3) is 3.63. The minimum absolute atomic E-state index is 0. The first kappa shape index (κ1) is 22.4. The lowest BCUT2D eigenvalue weighted by molar-refractivity contribution is 0.0695. The van der Waals surface area contributed by atoms with Crippen LogP contribution in [-0.2, 0) is 0 Å². The van der Waals surface area contributed by atoms with Gasteiger partial charge in [0, 0.05) is 31.4 Å². The fraction of sp³-hybridized carbons (Fsp3) is 0.524. The number of nitrogens with zero attached hydrogens (tertiary/aromatic N) is 2. The summed E-state index contributed by atoms with van der Waals surface area (Å²) in [5, 5.41) is 9.45. The van der Waals surface area contributed by atoms with Gasteiger partial charge in [0.25, 0.3) is 0 Å². The van der Waals surface area contributed by atoms with Gasteiger partial charge in [-0.25, -0.2) is 9.18 Å². The molecule has 164 valence electrons. The molecule has 4 rings (SSSR count). The number of anilines is 1. The zero-order valence-corrected chi connectivity index (χ0v) is 17.9. The monoisotopic (exact) mass is 439 g/mol. The maximum absolute atomic E-state index is 15.3. The number of nitrogens with two attached hydrogens (primary N) is 1. The van der Waals surface area contributed by atoms with Crippen LogP contribution in [0.1, 0.15) is 49.0 Å². The molecule has 3 N–H and O–H groups in total. The Hall–Kier alpha value is -2.32. The van der Waals surface area contributed by atoms with E-state index in [1.165, 1.54) is 13.3 Å². The van der Waals surface area contributed by atoms with E-state index in [0.29, 0.717) is 30.2 Å². The molecule has 1 aromatic carbocycles. The number of ether oxygens (including phenoxy) is 1. The highest BCUT2D eigenvalue weighted by Crippen LogP contribution is 2.44. The van der Waals surface area contributed by atoms with Crippen LogP contribution in [0.3, 0.4) is 0 Å². The number of hydrogen-bond acceptors (Lipinski definition) is 5. The van der Waals surface area contributed by atoms with E-state index in [-0.39, 0.29) is 41.2 Å². The lowest BCUT2D eigenvalue weighted by atomic mass is 9.89. The van der Waals surface area contributed by atoms with Crippen LogP contribution in [-0.4, -0.2) is 41.9 Å². The SMILES string of the molecule is CC[C@H]1CCN(c2c(F)cc3c(=O)c(C(=O)O)cn(C4CC4)c3c2OC)C[C@@H]1N.Cl. The number of rotatable bonds is 5. The van der Waals surface area contributed by atoms with Crippen molar-refractivity contribution in [2.24, 2.45) is 11.7 Å². The number of piperidine rings is 1. The zero-order valence-electron chi connectivity index (χ0n) is 17.1. The fourth-order valence-electron chi connectivity index (χ4n) is 4.46. The number of aromatic carboxylic acids is 1. The van der Waals surface area contributed by atoms with Gasteiger partial charge in [0.2, 0.25) is 5.43 Å². The average molecular weight is 440 g/mol. The van der Waals surface area contributed by atoms with E-state index in [1.807, 2.05) is 4.90 Å². The highest BCUT2D eigenvalue weighted by atomic mass is 35.5. The van der Waals surface area contributed by atoms with E-state index >= 15 is 4.39 Å². The van der Waals surface area contributed by atoms with E-state index < -0.39 is 17.2 Å². The van der Waals surface area contributed by atoms with E-state index in [4.69, 9.17) is 10.5 Å². The normalized spacial score (nSPS) is 21.4. The molecule has 1 saturated carbocycles. The summed E-state index contributed by atoms with van der Waals surface area (Å²) in [5.41, 5.74) is 6.00. The number of halogens is 2. The zero-order chi connectivity index (χ0) is 20.9. The second kappa shape index (κ2) is 8.43. The molecule has 2 aromatic rings. The van der Waals surface area contributed by atoms with Gasteiger partial charge in [-0.05, 0) is 31.2 Å². The number of hydrogen-bond donors (Lipinski definition) is 2. The molecule has 2 fully saturated rings. The summed E-state index contributed by atoms with van der Waals surface area (Å²) in [6, 6.07) is 1.16. The molecule has 0 unspecified atom stereocenters. The van der Waals surface area contributed by atoms with Gasteiger partial charge in [0.1, 0.15) is 11.3 Å². The van der Waals surface area contributed by atoms with Gasteiger partial charge in [-0.3, -0.25) is 4.79 Å². The van der Waals surface area contributed by atoms with Crippen molar-refractivity contribution in [1.82, 2.24) is 4.57 Å². The van der Waals surface area contributed by atoms with Crippen LogP contribution in [0.2, 0.25) is 0 Å². The largest absolute Gasteiger partial charge is 0.492 e. The molecule has 1 aliphatic heterocycles. The number of aromatic nitrogens is 1. The topological polar surface area (TPSA) is 97.8 Å². The quantitative estimate of drug-likeness (QED) is 0.742. The summed E-state index contributed by atoms with van der Waals surface area (Å²) in [4.78, 5) is 26.2. The Bertz CT molecular complexity index is 1040. The van der Waals surface area contributed by atoms with Crippen molar-refractivity contribution in [3.05, 3.63) is 33.9 Å². The number of carbonyl (C=O) groups is 1. The molecule has 0 spiro atoms. The molecule has 2 aliphatic rings. The minimum atomic E-state index is -1.32. The molecule has 0 bridgehead atoms. The number of carboxylic acids is 1. The van der Waals surface area contributed by atoms with Crippen molar-refractivity contribution in [2.75, 3.05) is 25.1 Å². The highest BCUT2D eigenvalue weighted by molar-refractivity contribution is 5.97. The summed E-state index contributed by atoms with van der Waals surface area (Å²) in [7, 11) is 1.45. The van der Waals surface area contributed by atoms with Crippen molar-refractivity contribution < 1.29 is 19.0 Å². The van der Waals surface area contributed by atoms with Gasteiger partial charge in [0.05, 0.1) is 18.0 Å². The standard InChI is InChI=1S/C21H26FN3O4.ClH/c1-3-11-6-7-24(10-16(11)23)18-15(22)8-13-17(20(18)29-2)25(12-4-5-12)9-14(19(13)26)21(27)28;/h8-9,11-12,16H,3-7,10,23H2,1-2H3,(H,27,28);1H/t11-,16-;/m0./s1. The molecule has 7 nitrogen and oxygen atoms in total. The van der Waals surface area contributed by atoms with Gasteiger partial charge >= 0.3 is 5.97 Å². The van der Waals surface area contributed by atoms with Crippen molar-refractivity contribution >= 4 is 35.0 Å². The number of fused-ring (bicyclic) bond motifs is 1. The Kier molecular flexibility index (Phi) is 6.29. The van der Waals surface area contributed by atoms with Crippen LogP contribution < -0.4 is 20.8 Å². The van der Waals surface area contributed by atoms with Gasteiger partial charge in [-0.1, -0.05) is 13.3 Å². The summed E-state index contributed by atoms with van der Waals surface area (Å²) >= 11 is 0. The predicted molar refractivity (Wildman–Crippen MR) is 116 cm³/mol. The summed E-state index contributed by atoms with van der Waals surface area (Å²) < 4.78 is 22.7. The number of pyridine rings is 1. The lowest BCUT2D eigenvalue weighted by Gasteiger charge is -2.38. The maximum atomic E-state index is 15.3. The molecule has 0 amide bonds. The molecule has 2 heterocycles. The van der Waals surface area contributed by atoms with Crippen LogP contribution in [0.25, 0.3) is 10.9 Å². The molecular weight excluding hydrogens is 413 g/mol. The maximum Gasteiger partial charge on any atom is 0.341 e. The van der Waals surface area contributed by atoms with E-state index in [0.717, 1.165) is 31.7 Å². The molecule has 2 atom stereocenters. The molecule has 0 radical (unpaired) electrons. The third-order valence-corrected chi connectivity index (χ3v) is 6.22. The summed E-state index contributed by atoms with van der Waals surface area (Å²) in [5.74, 6) is -1.26. The first-order chi connectivity index (χ1) is 13.9. The van der Waals surface area contributed by atoms with Gasteiger partial charge in [-0.2, -0.15) is 0 Å². The van der Waals surface area contributed by atoms with E-state index in [1.54, 1.807) is 4.57 Å². The minimum Gasteiger partial charge on any atom is -0.492 e. The highest BCUT2D eigenvalue weighted by Gasteiger charge is 2.33. The third-order valence-electron chi connectivity index (χ3n) is 6.22. The number of carboxylic acid groups (broad SMARTS) is 1. The van der Waals surface area contributed by atoms with Crippen LogP contribution in [0.5, 0.6) is 5.75 Å². The Morgan fingerprint density at radius 2 is 2.07 bits per heavy atom. The van der Waals surface area contributed by atoms with Crippen molar-refractivity contribution in [3.63, 3.8) is 0 Å². The Morgan fingerprint density at radius 3 is 2.60 bits per heavy atom. The van der Waals surface area contributed by atoms with E-state index in [2.05, 4.69) is 6.92 Å². The van der Waals surface area contributed by atoms with Crippen molar-refractivity contribution in [3.8, 4) is 5.75 Å². The second-order valence-electron chi connectivity index (χ2n) is 8.02. The molecule has 1 aromatic heterocycles. The average Bonchev–Trinajstić information content (AvgIpc) is 3.52. The van der Waals surface area contributed by atoms with Crippen LogP contribution in [0.15, 0.2) is 17.1 Å². The van der Waals surface area contributed by atoms with Crippen LogP contribution in [0, 0.1) is 11.7 Å². The first-order valence-corrected chi connectivity index (χ1v) is 10.1. The second-order valence-corrected chi connectivity index (χ2v) is 8.02. The van der Waals surface area contributed by atoms with Gasteiger partial charge < -0.3 is 25.0 Å². The van der Waals surface area contributed by atoms with E-state index in [9.17, 15) is 14.7 Å². The smallest absolute Gasteiger partial charge is 0.341 e. The van der Waals surface area contributed by atoms with Gasteiger partial charge in [-0.15, -0.1) is 12.4 Å². The van der Waals surface area contributed by atoms with Crippen molar-refractivity contribution in [1.29, 1.82) is 0 Å². The van der Waals surface area contributed by atoms with Crippen LogP contribution >= 0.6 is 12.4 Å². The number of methoxy groups -OCH3 is 1. The Labute approximate surface area is 180 Å². The summed E-state index contributed by atoms with van der Waals surface area (Å²) in [6.07, 6.45) is 4.94. The fourth-order valence-corrected chi connectivity index (χ4v) is 4.46. The molecule has 1 saturated heterocycles. The molecule has 9 heteroatoms. The molecule has 1 aliphatic carbocycles. The Balaban J connectivity index is 0.00000256. The van der Waals surface area contributed by atoms with Crippen molar-refractivity contribution in [2.45, 2.75) is 44.7 Å².